The first-order valence-electron chi connectivity index (χ1n) is 13.7. The van der Waals surface area contributed by atoms with Crippen molar-refractivity contribution in [2.75, 3.05) is 13.1 Å². The van der Waals surface area contributed by atoms with Crippen LogP contribution in [0.15, 0.2) is 0 Å². The number of rotatable bonds is 14. The van der Waals surface area contributed by atoms with E-state index < -0.39 is 11.0 Å². The molecule has 0 N–H and O–H groups in total. The Morgan fingerprint density at radius 2 is 1.33 bits per heavy atom. The molecule has 0 spiro atoms. The van der Waals surface area contributed by atoms with Crippen molar-refractivity contribution in [2.24, 2.45) is 11.3 Å². The van der Waals surface area contributed by atoms with Gasteiger partial charge in [-0.2, -0.15) is 0 Å². The van der Waals surface area contributed by atoms with Crippen molar-refractivity contribution in [1.29, 1.82) is 0 Å². The van der Waals surface area contributed by atoms with Crippen molar-refractivity contribution in [3.8, 4) is 0 Å². The van der Waals surface area contributed by atoms with Crippen LogP contribution in [0.1, 0.15) is 132 Å². The molecule has 1 heterocycles. The molecule has 0 saturated carbocycles. The van der Waals surface area contributed by atoms with Crippen LogP contribution in [0.2, 0.25) is 0 Å². The summed E-state index contributed by atoms with van der Waals surface area (Å²) >= 11 is 0. The largest absolute Gasteiger partial charge is 0.458 e. The second kappa shape index (κ2) is 13.6. The van der Waals surface area contributed by atoms with E-state index >= 15 is 0 Å². The Morgan fingerprint density at radius 3 is 1.70 bits per heavy atom. The number of ether oxygens (including phenoxy) is 2. The summed E-state index contributed by atoms with van der Waals surface area (Å²) in [6.07, 6.45) is 11.3. The molecule has 1 amide bonds. The number of hydrogen-bond acceptors (Lipinski definition) is 4. The molecule has 0 aliphatic carbocycles. The molecule has 33 heavy (non-hydrogen) atoms. The van der Waals surface area contributed by atoms with E-state index in [1.807, 2.05) is 25.7 Å². The number of piperidine rings is 1. The third kappa shape index (κ3) is 8.47. The summed E-state index contributed by atoms with van der Waals surface area (Å²) in [6, 6.07) is 0. The van der Waals surface area contributed by atoms with Crippen molar-refractivity contribution in [3.05, 3.63) is 0 Å². The Balaban J connectivity index is 2.91. The van der Waals surface area contributed by atoms with E-state index in [4.69, 9.17) is 9.47 Å². The maximum absolute atomic E-state index is 13.3. The maximum Gasteiger partial charge on any atom is 0.410 e. The summed E-state index contributed by atoms with van der Waals surface area (Å²) in [7, 11) is 0. The summed E-state index contributed by atoms with van der Waals surface area (Å²) in [5.74, 6) is 0.0671. The second-order valence-corrected chi connectivity index (χ2v) is 11.2. The van der Waals surface area contributed by atoms with Crippen LogP contribution in [-0.4, -0.2) is 41.3 Å². The Labute approximate surface area is 204 Å². The topological polar surface area (TPSA) is 55.8 Å². The van der Waals surface area contributed by atoms with Gasteiger partial charge in [0.2, 0.25) is 0 Å². The predicted molar refractivity (Wildman–Crippen MR) is 136 cm³/mol. The number of unbranched alkanes of at least 4 members (excludes halogenated alkanes) is 3. The summed E-state index contributed by atoms with van der Waals surface area (Å²) < 4.78 is 12.5. The van der Waals surface area contributed by atoms with Crippen LogP contribution >= 0.6 is 0 Å². The van der Waals surface area contributed by atoms with Crippen LogP contribution < -0.4 is 0 Å². The SMILES string of the molecule is CCCCC(CCCC)(CCCC)OC(=O)N1CCC(OC(=O)C(C)(C)CC)(C(C)C)CC1. The molecule has 0 bridgehead atoms. The lowest BCUT2D eigenvalue weighted by molar-refractivity contribution is -0.182. The number of carbonyl (C=O) groups is 2. The fourth-order valence-corrected chi connectivity index (χ4v) is 4.61. The Hall–Kier alpha value is -1.26. The number of carbonyl (C=O) groups excluding carboxylic acids is 2. The van der Waals surface area contributed by atoms with E-state index in [2.05, 4.69) is 34.6 Å². The summed E-state index contributed by atoms with van der Waals surface area (Å²) in [6.45, 7) is 17.9. The predicted octanol–water partition coefficient (Wildman–Crippen LogP) is 7.90. The Morgan fingerprint density at radius 1 is 0.879 bits per heavy atom. The van der Waals surface area contributed by atoms with Crippen LogP contribution in [0.25, 0.3) is 0 Å². The molecule has 1 rings (SSSR count). The first-order chi connectivity index (χ1) is 15.5. The number of likely N-dealkylation sites (tertiary alicyclic amines) is 1. The normalized spacial score (nSPS) is 16.7. The summed E-state index contributed by atoms with van der Waals surface area (Å²) in [5.41, 5.74) is -1.34. The van der Waals surface area contributed by atoms with E-state index in [0.29, 0.717) is 25.9 Å². The summed E-state index contributed by atoms with van der Waals surface area (Å²) in [5, 5.41) is 0. The molecular formula is C28H53NO4. The monoisotopic (exact) mass is 467 g/mol. The molecule has 0 unspecified atom stereocenters. The first-order valence-corrected chi connectivity index (χ1v) is 13.7. The van der Waals surface area contributed by atoms with Gasteiger partial charge in [-0.05, 0) is 64.7 Å². The molecule has 5 nitrogen and oxygen atoms in total. The number of hydrogen-bond donors (Lipinski definition) is 0. The molecule has 1 fully saturated rings. The van der Waals surface area contributed by atoms with Crippen molar-refractivity contribution >= 4 is 12.1 Å². The lowest BCUT2D eigenvalue weighted by Crippen LogP contribution is -2.53. The molecular weight excluding hydrogens is 414 g/mol. The van der Waals surface area contributed by atoms with Gasteiger partial charge in [-0.15, -0.1) is 0 Å². The van der Waals surface area contributed by atoms with Gasteiger partial charge in [-0.1, -0.05) is 60.8 Å². The molecule has 5 heteroatoms. The fourth-order valence-electron chi connectivity index (χ4n) is 4.61. The van der Waals surface area contributed by atoms with Crippen LogP contribution in [0.4, 0.5) is 4.79 Å². The molecule has 1 saturated heterocycles. The molecule has 0 radical (unpaired) electrons. The minimum absolute atomic E-state index is 0.132. The average molecular weight is 468 g/mol. The molecule has 194 valence electrons. The zero-order chi connectivity index (χ0) is 25.1. The standard InChI is InChI=1S/C28H53NO4/c1-9-13-16-27(17-14-10-2,18-15-11-3)33-25(31)29-21-19-28(20-22-29,23(5)6)32-24(30)26(7,8)12-4/h23H,9-22H2,1-8H3. The van der Waals surface area contributed by atoms with E-state index in [1.165, 1.54) is 0 Å². The third-order valence-electron chi connectivity index (χ3n) is 7.91. The summed E-state index contributed by atoms with van der Waals surface area (Å²) in [4.78, 5) is 28.0. The molecule has 1 aliphatic heterocycles. The number of esters is 1. The van der Waals surface area contributed by atoms with Crippen molar-refractivity contribution in [3.63, 3.8) is 0 Å². The smallest absolute Gasteiger partial charge is 0.410 e. The molecule has 0 aromatic carbocycles. The number of amides is 1. The van der Waals surface area contributed by atoms with E-state index in [0.717, 1.165) is 64.2 Å². The van der Waals surface area contributed by atoms with Gasteiger partial charge < -0.3 is 14.4 Å². The molecule has 0 atom stereocenters. The highest BCUT2D eigenvalue weighted by molar-refractivity contribution is 5.76. The van der Waals surface area contributed by atoms with Crippen LogP contribution in [0, 0.1) is 11.3 Å². The van der Waals surface area contributed by atoms with Gasteiger partial charge in [0, 0.05) is 25.9 Å². The highest BCUT2D eigenvalue weighted by Gasteiger charge is 2.45. The third-order valence-corrected chi connectivity index (χ3v) is 7.91. The molecule has 0 aromatic heterocycles. The van der Waals surface area contributed by atoms with Gasteiger partial charge in [-0.25, -0.2) is 4.79 Å². The maximum atomic E-state index is 13.3. The highest BCUT2D eigenvalue weighted by atomic mass is 16.6. The lowest BCUT2D eigenvalue weighted by Gasteiger charge is -2.45. The molecule has 0 aromatic rings. The van der Waals surface area contributed by atoms with Crippen molar-refractivity contribution in [1.82, 2.24) is 4.90 Å². The minimum Gasteiger partial charge on any atom is -0.458 e. The zero-order valence-electron chi connectivity index (χ0n) is 23.1. The average Bonchev–Trinajstić information content (AvgIpc) is 2.80. The number of nitrogens with zero attached hydrogens (tertiary/aromatic N) is 1. The van der Waals surface area contributed by atoms with E-state index in [-0.39, 0.29) is 23.6 Å². The van der Waals surface area contributed by atoms with Crippen LogP contribution in [0.5, 0.6) is 0 Å². The van der Waals surface area contributed by atoms with Gasteiger partial charge in [0.25, 0.3) is 0 Å². The lowest BCUT2D eigenvalue weighted by atomic mass is 9.80. The second-order valence-electron chi connectivity index (χ2n) is 11.2. The Bertz CT molecular complexity index is 569. The van der Waals surface area contributed by atoms with Gasteiger partial charge >= 0.3 is 12.1 Å². The Kier molecular flexibility index (Phi) is 12.3. The van der Waals surface area contributed by atoms with Gasteiger partial charge in [0.05, 0.1) is 5.41 Å². The van der Waals surface area contributed by atoms with Gasteiger partial charge in [0.15, 0.2) is 0 Å². The molecule has 1 aliphatic rings. The fraction of sp³-hybridized carbons (Fsp3) is 0.929. The zero-order valence-corrected chi connectivity index (χ0v) is 23.1. The van der Waals surface area contributed by atoms with E-state index in [9.17, 15) is 9.59 Å². The van der Waals surface area contributed by atoms with Crippen LogP contribution in [-0.2, 0) is 14.3 Å². The first kappa shape index (κ1) is 29.8. The minimum atomic E-state index is -0.510. The van der Waals surface area contributed by atoms with Crippen molar-refractivity contribution in [2.45, 2.75) is 144 Å². The van der Waals surface area contributed by atoms with E-state index in [1.54, 1.807) is 0 Å². The highest BCUT2D eigenvalue weighted by Crippen LogP contribution is 2.38. The van der Waals surface area contributed by atoms with Gasteiger partial charge in [0.1, 0.15) is 11.2 Å². The van der Waals surface area contributed by atoms with Crippen molar-refractivity contribution < 1.29 is 19.1 Å². The van der Waals surface area contributed by atoms with Gasteiger partial charge in [-0.3, -0.25) is 4.79 Å². The van der Waals surface area contributed by atoms with Crippen LogP contribution in [0.3, 0.4) is 0 Å². The quantitative estimate of drug-likeness (QED) is 0.244.